The van der Waals surface area contributed by atoms with E-state index in [2.05, 4.69) is 24.1 Å². The van der Waals surface area contributed by atoms with Crippen molar-refractivity contribution in [1.29, 1.82) is 0 Å². The Hall–Kier alpha value is -2.86. The molecule has 2 heterocycles. The highest BCUT2D eigenvalue weighted by Crippen LogP contribution is 2.40. The number of thiazole rings is 1. The monoisotopic (exact) mass is 394 g/mol. The molecule has 0 bridgehead atoms. The minimum absolute atomic E-state index is 0.109. The minimum atomic E-state index is -0.174. The lowest BCUT2D eigenvalue weighted by Gasteiger charge is -2.14. The largest absolute Gasteiger partial charge is 0.454 e. The van der Waals surface area contributed by atoms with Crippen LogP contribution in [-0.2, 0) is 0 Å². The molecule has 0 saturated heterocycles. The van der Waals surface area contributed by atoms with E-state index in [1.54, 1.807) is 11.3 Å². The third-order valence-corrected chi connectivity index (χ3v) is 6.04. The van der Waals surface area contributed by atoms with E-state index in [1.165, 1.54) is 0 Å². The second-order valence-electron chi connectivity index (χ2n) is 7.06. The molecule has 4 rings (SSSR count). The predicted molar refractivity (Wildman–Crippen MR) is 110 cm³/mol. The zero-order chi connectivity index (χ0) is 19.7. The Balaban J connectivity index is 1.67. The molecule has 1 aliphatic rings. The molecule has 6 heteroatoms. The number of benzene rings is 2. The van der Waals surface area contributed by atoms with Crippen molar-refractivity contribution in [2.45, 2.75) is 32.7 Å². The van der Waals surface area contributed by atoms with Crippen LogP contribution in [-0.4, -0.2) is 17.7 Å². The Morgan fingerprint density at radius 2 is 1.82 bits per heavy atom. The zero-order valence-electron chi connectivity index (χ0n) is 16.1. The summed E-state index contributed by atoms with van der Waals surface area (Å²) in [6.45, 7) is 6.36. The summed E-state index contributed by atoms with van der Waals surface area (Å²) >= 11 is 1.55. The van der Waals surface area contributed by atoms with Gasteiger partial charge in [-0.1, -0.05) is 44.2 Å². The van der Waals surface area contributed by atoms with Crippen LogP contribution in [0.25, 0.3) is 10.4 Å². The molecule has 0 saturated carbocycles. The molecule has 1 amide bonds. The number of amides is 1. The number of nitrogens with one attached hydrogen (secondary N) is 1. The van der Waals surface area contributed by atoms with Crippen molar-refractivity contribution < 1.29 is 14.3 Å². The van der Waals surface area contributed by atoms with Gasteiger partial charge < -0.3 is 14.8 Å². The molecule has 144 valence electrons. The summed E-state index contributed by atoms with van der Waals surface area (Å²) in [4.78, 5) is 18.6. The highest BCUT2D eigenvalue weighted by Gasteiger charge is 2.24. The molecule has 5 nitrogen and oxygen atoms in total. The molecule has 1 aliphatic heterocycles. The van der Waals surface area contributed by atoms with Gasteiger partial charge in [-0.15, -0.1) is 11.3 Å². The fourth-order valence-corrected chi connectivity index (χ4v) is 4.12. The number of carbonyl (C=O) groups excluding carboxylic acids is 1. The second-order valence-corrected chi connectivity index (χ2v) is 8.09. The molecule has 0 radical (unpaired) electrons. The van der Waals surface area contributed by atoms with Crippen molar-refractivity contribution in [2.75, 3.05) is 6.79 Å². The lowest BCUT2D eigenvalue weighted by Crippen LogP contribution is -2.27. The summed E-state index contributed by atoms with van der Waals surface area (Å²) in [5.41, 5.74) is 2.42. The van der Waals surface area contributed by atoms with Gasteiger partial charge in [-0.05, 0) is 36.2 Å². The number of rotatable bonds is 5. The van der Waals surface area contributed by atoms with Gasteiger partial charge in [0.15, 0.2) is 11.5 Å². The number of fused-ring (bicyclic) bond motifs is 1. The van der Waals surface area contributed by atoms with Crippen LogP contribution >= 0.6 is 11.3 Å². The van der Waals surface area contributed by atoms with E-state index in [0.29, 0.717) is 11.4 Å². The van der Waals surface area contributed by atoms with E-state index in [4.69, 9.17) is 9.47 Å². The minimum Gasteiger partial charge on any atom is -0.454 e. The summed E-state index contributed by atoms with van der Waals surface area (Å²) < 4.78 is 10.9. The third kappa shape index (κ3) is 3.60. The molecule has 1 atom stereocenters. The number of hydrogen-bond acceptors (Lipinski definition) is 5. The maximum atomic E-state index is 13.1. The quantitative estimate of drug-likeness (QED) is 0.650. The van der Waals surface area contributed by atoms with Gasteiger partial charge in [0.2, 0.25) is 6.79 Å². The first-order valence-electron chi connectivity index (χ1n) is 9.29. The van der Waals surface area contributed by atoms with Crippen LogP contribution in [0.15, 0.2) is 48.5 Å². The Morgan fingerprint density at radius 1 is 1.07 bits per heavy atom. The first-order chi connectivity index (χ1) is 13.5. The Labute approximate surface area is 168 Å². The molecule has 0 spiro atoms. The standard InChI is InChI=1S/C22H22N2O3S/c1-13(2)22-24-19(21(25)23-14(3)15-7-5-4-6-8-15)20(28-22)16-9-10-17-18(11-16)27-12-26-17/h4-11,13-14H,12H2,1-3H3,(H,23,25)/t14-/m1/s1. The first kappa shape index (κ1) is 18.5. The Kier molecular flexibility index (Phi) is 5.05. The van der Waals surface area contributed by atoms with Gasteiger partial charge in [0.1, 0.15) is 5.69 Å². The third-order valence-electron chi connectivity index (χ3n) is 4.63. The molecule has 0 aliphatic carbocycles. The topological polar surface area (TPSA) is 60.5 Å². The summed E-state index contributed by atoms with van der Waals surface area (Å²) in [7, 11) is 0. The van der Waals surface area contributed by atoms with E-state index in [9.17, 15) is 4.79 Å². The van der Waals surface area contributed by atoms with Gasteiger partial charge in [0.05, 0.1) is 15.9 Å². The second kappa shape index (κ2) is 7.64. The van der Waals surface area contributed by atoms with Crippen LogP contribution in [0.2, 0.25) is 0 Å². The molecule has 1 N–H and O–H groups in total. The molecular formula is C22H22N2O3S. The number of aromatic nitrogens is 1. The Bertz CT molecular complexity index is 998. The van der Waals surface area contributed by atoms with Crippen molar-refractivity contribution in [1.82, 2.24) is 10.3 Å². The first-order valence-corrected chi connectivity index (χ1v) is 10.1. The van der Waals surface area contributed by atoms with E-state index < -0.39 is 0 Å². The van der Waals surface area contributed by atoms with Crippen molar-refractivity contribution in [3.63, 3.8) is 0 Å². The van der Waals surface area contributed by atoms with E-state index in [-0.39, 0.29) is 24.7 Å². The van der Waals surface area contributed by atoms with Crippen LogP contribution in [0.5, 0.6) is 11.5 Å². The lowest BCUT2D eigenvalue weighted by molar-refractivity contribution is 0.0936. The van der Waals surface area contributed by atoms with Gasteiger partial charge in [0.25, 0.3) is 5.91 Å². The van der Waals surface area contributed by atoms with Gasteiger partial charge in [-0.2, -0.15) is 0 Å². The predicted octanol–water partition coefficient (Wildman–Crippen LogP) is 5.15. The van der Waals surface area contributed by atoms with Crippen LogP contribution in [0.4, 0.5) is 0 Å². The number of hydrogen-bond donors (Lipinski definition) is 1. The lowest BCUT2D eigenvalue weighted by atomic mass is 10.1. The molecule has 3 aromatic rings. The van der Waals surface area contributed by atoms with Crippen LogP contribution < -0.4 is 14.8 Å². The summed E-state index contributed by atoms with van der Waals surface area (Å²) in [6, 6.07) is 15.5. The normalized spacial score (nSPS) is 13.6. The van der Waals surface area contributed by atoms with Crippen molar-refractivity contribution in [2.24, 2.45) is 0 Å². The average Bonchev–Trinajstić information content (AvgIpc) is 3.35. The zero-order valence-corrected chi connectivity index (χ0v) is 16.9. The smallest absolute Gasteiger partial charge is 0.271 e. The highest BCUT2D eigenvalue weighted by molar-refractivity contribution is 7.15. The van der Waals surface area contributed by atoms with Crippen molar-refractivity contribution in [3.05, 3.63) is 64.8 Å². The molecule has 28 heavy (non-hydrogen) atoms. The molecular weight excluding hydrogens is 372 g/mol. The fourth-order valence-electron chi connectivity index (χ4n) is 3.06. The maximum absolute atomic E-state index is 13.1. The van der Waals surface area contributed by atoms with Gasteiger partial charge in [-0.25, -0.2) is 4.98 Å². The van der Waals surface area contributed by atoms with Crippen LogP contribution in [0, 0.1) is 0 Å². The summed E-state index contributed by atoms with van der Waals surface area (Å²) in [5.74, 6) is 1.49. The van der Waals surface area contributed by atoms with Crippen LogP contribution in [0.3, 0.4) is 0 Å². The fraction of sp³-hybridized carbons (Fsp3) is 0.273. The Morgan fingerprint density at radius 3 is 2.57 bits per heavy atom. The number of nitrogens with zero attached hydrogens (tertiary/aromatic N) is 1. The summed E-state index contributed by atoms with van der Waals surface area (Å²) in [5, 5.41) is 4.01. The van der Waals surface area contributed by atoms with Crippen molar-refractivity contribution in [3.8, 4) is 21.9 Å². The molecule has 2 aromatic carbocycles. The molecule has 1 aromatic heterocycles. The van der Waals surface area contributed by atoms with Gasteiger partial charge in [-0.3, -0.25) is 4.79 Å². The molecule has 0 unspecified atom stereocenters. The van der Waals surface area contributed by atoms with Gasteiger partial charge in [0, 0.05) is 5.92 Å². The maximum Gasteiger partial charge on any atom is 0.271 e. The SMILES string of the molecule is CC(C)c1nc(C(=O)N[C@H](C)c2ccccc2)c(-c2ccc3c(c2)OCO3)s1. The van der Waals surface area contributed by atoms with E-state index in [0.717, 1.165) is 26.8 Å². The molecule has 0 fully saturated rings. The highest BCUT2D eigenvalue weighted by atomic mass is 32.1. The van der Waals surface area contributed by atoms with Gasteiger partial charge >= 0.3 is 0 Å². The van der Waals surface area contributed by atoms with E-state index >= 15 is 0 Å². The van der Waals surface area contributed by atoms with E-state index in [1.807, 2.05) is 55.5 Å². The summed E-state index contributed by atoms with van der Waals surface area (Å²) in [6.07, 6.45) is 0. The van der Waals surface area contributed by atoms with Crippen molar-refractivity contribution >= 4 is 17.2 Å². The number of carbonyl (C=O) groups is 1. The van der Waals surface area contributed by atoms with Crippen LogP contribution in [0.1, 0.15) is 53.8 Å². The average molecular weight is 394 g/mol. The number of ether oxygens (including phenoxy) is 2.